The molecule has 0 radical (unpaired) electrons. The highest BCUT2D eigenvalue weighted by atomic mass is 16.3. The van der Waals surface area contributed by atoms with Crippen molar-refractivity contribution in [1.29, 1.82) is 0 Å². The number of amides is 1. The monoisotopic (exact) mass is 253 g/mol. The van der Waals surface area contributed by atoms with Crippen LogP contribution in [0.1, 0.15) is 49.3 Å². The number of nitrogens with zero attached hydrogens (tertiary/aromatic N) is 3. The molecule has 1 atom stereocenters. The Morgan fingerprint density at radius 3 is 2.56 bits per heavy atom. The van der Waals surface area contributed by atoms with Gasteiger partial charge in [-0.3, -0.25) is 9.48 Å². The lowest BCUT2D eigenvalue weighted by atomic mass is 10.2. The van der Waals surface area contributed by atoms with Gasteiger partial charge in [-0.05, 0) is 34.1 Å². The first kappa shape index (κ1) is 14.7. The van der Waals surface area contributed by atoms with Crippen LogP contribution in [0.5, 0.6) is 0 Å². The van der Waals surface area contributed by atoms with E-state index < -0.39 is 0 Å². The van der Waals surface area contributed by atoms with Crippen molar-refractivity contribution in [2.45, 2.75) is 46.3 Å². The van der Waals surface area contributed by atoms with Crippen LogP contribution in [0.3, 0.4) is 0 Å². The van der Waals surface area contributed by atoms with Crippen molar-refractivity contribution in [2.75, 3.05) is 13.6 Å². The molecule has 0 aliphatic heterocycles. The molecule has 0 spiro atoms. The number of carbonyl (C=O) groups excluding carboxylic acids is 1. The second-order valence-corrected chi connectivity index (χ2v) is 5.05. The van der Waals surface area contributed by atoms with Crippen molar-refractivity contribution in [3.8, 4) is 0 Å². The van der Waals surface area contributed by atoms with Gasteiger partial charge in [-0.15, -0.1) is 0 Å². The van der Waals surface area contributed by atoms with Gasteiger partial charge in [-0.1, -0.05) is 0 Å². The SMILES string of the molecule is Cc1c(C(=O)N(C)CCC(C)O)cnn1C(C)C. The molecule has 1 unspecified atom stereocenters. The van der Waals surface area contributed by atoms with Gasteiger partial charge in [0, 0.05) is 25.3 Å². The zero-order valence-corrected chi connectivity index (χ0v) is 11.8. The van der Waals surface area contributed by atoms with Crippen LogP contribution in [0, 0.1) is 6.92 Å². The first-order valence-electron chi connectivity index (χ1n) is 6.32. The second-order valence-electron chi connectivity index (χ2n) is 5.05. The van der Waals surface area contributed by atoms with Crippen LogP contribution in [-0.2, 0) is 0 Å². The van der Waals surface area contributed by atoms with E-state index in [0.717, 1.165) is 5.69 Å². The van der Waals surface area contributed by atoms with E-state index >= 15 is 0 Å². The van der Waals surface area contributed by atoms with E-state index in [1.54, 1.807) is 25.1 Å². The summed E-state index contributed by atoms with van der Waals surface area (Å²) < 4.78 is 1.84. The van der Waals surface area contributed by atoms with Gasteiger partial charge in [0.25, 0.3) is 5.91 Å². The topological polar surface area (TPSA) is 58.4 Å². The third-order valence-electron chi connectivity index (χ3n) is 2.99. The molecule has 0 saturated carbocycles. The normalized spacial score (nSPS) is 12.8. The van der Waals surface area contributed by atoms with Crippen LogP contribution in [0.25, 0.3) is 0 Å². The number of aromatic nitrogens is 2. The zero-order chi connectivity index (χ0) is 13.9. The third kappa shape index (κ3) is 3.32. The van der Waals surface area contributed by atoms with Crippen molar-refractivity contribution < 1.29 is 9.90 Å². The molecular weight excluding hydrogens is 230 g/mol. The summed E-state index contributed by atoms with van der Waals surface area (Å²) in [4.78, 5) is 13.8. The predicted octanol–water partition coefficient (Wildman–Crippen LogP) is 1.62. The average Bonchev–Trinajstić information content (AvgIpc) is 2.66. The van der Waals surface area contributed by atoms with Gasteiger partial charge in [0.2, 0.25) is 0 Å². The molecule has 1 aromatic heterocycles. The summed E-state index contributed by atoms with van der Waals surface area (Å²) in [5, 5.41) is 13.5. The van der Waals surface area contributed by atoms with E-state index in [2.05, 4.69) is 5.10 Å². The van der Waals surface area contributed by atoms with Crippen molar-refractivity contribution in [3.05, 3.63) is 17.5 Å². The van der Waals surface area contributed by atoms with Crippen molar-refractivity contribution in [2.24, 2.45) is 0 Å². The van der Waals surface area contributed by atoms with E-state index in [1.807, 2.05) is 25.5 Å². The Morgan fingerprint density at radius 2 is 2.11 bits per heavy atom. The first-order valence-corrected chi connectivity index (χ1v) is 6.32. The highest BCUT2D eigenvalue weighted by Gasteiger charge is 2.18. The maximum atomic E-state index is 12.2. The number of aliphatic hydroxyl groups excluding tert-OH is 1. The minimum Gasteiger partial charge on any atom is -0.393 e. The Hall–Kier alpha value is -1.36. The molecule has 1 heterocycles. The van der Waals surface area contributed by atoms with Gasteiger partial charge >= 0.3 is 0 Å². The fraction of sp³-hybridized carbons (Fsp3) is 0.692. The molecule has 0 bridgehead atoms. The van der Waals surface area contributed by atoms with Crippen LogP contribution in [0.2, 0.25) is 0 Å². The molecule has 18 heavy (non-hydrogen) atoms. The van der Waals surface area contributed by atoms with E-state index in [9.17, 15) is 9.90 Å². The molecule has 1 amide bonds. The van der Waals surface area contributed by atoms with Crippen molar-refractivity contribution in [1.82, 2.24) is 14.7 Å². The molecule has 0 aliphatic carbocycles. The molecule has 1 rings (SSSR count). The molecular formula is C13H23N3O2. The van der Waals surface area contributed by atoms with Crippen molar-refractivity contribution in [3.63, 3.8) is 0 Å². The molecule has 0 saturated heterocycles. The lowest BCUT2D eigenvalue weighted by Crippen LogP contribution is -2.29. The lowest BCUT2D eigenvalue weighted by Gasteiger charge is -2.18. The minimum absolute atomic E-state index is 0.0416. The molecule has 0 fully saturated rings. The molecule has 102 valence electrons. The fourth-order valence-corrected chi connectivity index (χ4v) is 1.84. The van der Waals surface area contributed by atoms with E-state index in [-0.39, 0.29) is 18.1 Å². The Bertz CT molecular complexity index is 410. The molecule has 5 nitrogen and oxygen atoms in total. The summed E-state index contributed by atoms with van der Waals surface area (Å²) in [6.07, 6.45) is 1.82. The second kappa shape index (κ2) is 6.00. The van der Waals surface area contributed by atoms with Crippen LogP contribution in [0.15, 0.2) is 6.20 Å². The summed E-state index contributed by atoms with van der Waals surface area (Å²) in [5.41, 5.74) is 1.52. The summed E-state index contributed by atoms with van der Waals surface area (Å²) >= 11 is 0. The van der Waals surface area contributed by atoms with Gasteiger partial charge in [-0.2, -0.15) is 5.10 Å². The number of rotatable bonds is 5. The fourth-order valence-electron chi connectivity index (χ4n) is 1.84. The number of hydrogen-bond acceptors (Lipinski definition) is 3. The van der Waals surface area contributed by atoms with Crippen molar-refractivity contribution >= 4 is 5.91 Å². The molecule has 1 N–H and O–H groups in total. The zero-order valence-electron chi connectivity index (χ0n) is 11.8. The van der Waals surface area contributed by atoms with Gasteiger partial charge in [-0.25, -0.2) is 0 Å². The first-order chi connectivity index (χ1) is 8.34. The number of hydrogen-bond donors (Lipinski definition) is 1. The van der Waals surface area contributed by atoms with Crippen LogP contribution in [0.4, 0.5) is 0 Å². The molecule has 0 aromatic carbocycles. The lowest BCUT2D eigenvalue weighted by molar-refractivity contribution is 0.0768. The van der Waals surface area contributed by atoms with Crippen LogP contribution >= 0.6 is 0 Å². The molecule has 0 aliphatic rings. The highest BCUT2D eigenvalue weighted by molar-refractivity contribution is 5.94. The standard InChI is InChI=1S/C13H23N3O2/c1-9(2)16-11(4)12(8-14-16)13(18)15(5)7-6-10(3)17/h8-10,17H,6-7H2,1-5H3. The Balaban J connectivity index is 2.78. The maximum Gasteiger partial charge on any atom is 0.257 e. The average molecular weight is 253 g/mol. The Morgan fingerprint density at radius 1 is 1.50 bits per heavy atom. The predicted molar refractivity (Wildman–Crippen MR) is 70.6 cm³/mol. The quantitative estimate of drug-likeness (QED) is 0.867. The van der Waals surface area contributed by atoms with Crippen LogP contribution < -0.4 is 0 Å². The Kier molecular flexibility index (Phi) is 4.90. The van der Waals surface area contributed by atoms with E-state index in [0.29, 0.717) is 18.5 Å². The largest absolute Gasteiger partial charge is 0.393 e. The summed E-state index contributed by atoms with van der Waals surface area (Å²) in [6, 6.07) is 0.245. The van der Waals surface area contributed by atoms with Gasteiger partial charge in [0.15, 0.2) is 0 Å². The molecule has 5 heteroatoms. The van der Waals surface area contributed by atoms with Gasteiger partial charge in [0.05, 0.1) is 17.9 Å². The number of aliphatic hydroxyl groups is 1. The summed E-state index contributed by atoms with van der Waals surface area (Å²) in [5.74, 6) is -0.0416. The van der Waals surface area contributed by atoms with E-state index in [4.69, 9.17) is 0 Å². The molecule has 1 aromatic rings. The Labute approximate surface area is 108 Å². The minimum atomic E-state index is -0.389. The highest BCUT2D eigenvalue weighted by Crippen LogP contribution is 2.14. The summed E-state index contributed by atoms with van der Waals surface area (Å²) in [7, 11) is 1.75. The smallest absolute Gasteiger partial charge is 0.257 e. The summed E-state index contributed by atoms with van der Waals surface area (Å²) in [6.45, 7) is 8.24. The maximum absolute atomic E-state index is 12.2. The van der Waals surface area contributed by atoms with Gasteiger partial charge < -0.3 is 10.0 Å². The number of carbonyl (C=O) groups is 1. The van der Waals surface area contributed by atoms with E-state index in [1.165, 1.54) is 0 Å². The van der Waals surface area contributed by atoms with Gasteiger partial charge in [0.1, 0.15) is 0 Å². The third-order valence-corrected chi connectivity index (χ3v) is 2.99. The van der Waals surface area contributed by atoms with Crippen LogP contribution in [-0.4, -0.2) is 45.4 Å².